The minimum absolute atomic E-state index is 1.11. The highest BCUT2D eigenvalue weighted by atomic mass is 14.0. The summed E-state index contributed by atoms with van der Waals surface area (Å²) in [5.41, 5.74) is 2.80. The lowest BCUT2D eigenvalue weighted by atomic mass is 10.0. The van der Waals surface area contributed by atoms with Gasteiger partial charge in [-0.15, -0.1) is 6.58 Å². The zero-order chi connectivity index (χ0) is 11.5. The molecule has 0 spiro atoms. The van der Waals surface area contributed by atoms with E-state index in [1.807, 2.05) is 6.92 Å². The number of allylic oxidation sites excluding steroid dienone is 5. The molecule has 0 aromatic rings. The average Bonchev–Trinajstić information content (AvgIpc) is 2.28. The molecule has 0 amide bonds. The number of unbranched alkanes of at least 4 members (excludes halogenated alkanes) is 1. The molecule has 0 N–H and O–H groups in total. The van der Waals surface area contributed by atoms with Gasteiger partial charge in [-0.05, 0) is 39.0 Å². The summed E-state index contributed by atoms with van der Waals surface area (Å²) in [5, 5.41) is 0. The minimum atomic E-state index is 1.11. The topological polar surface area (TPSA) is 0 Å². The standard InChI is InChI=1S/C10H16.C5H10/c1-2-3-7-10-8-5-4-6-9-10;1-4-5(2)3/h5,8-9H,2-4,6-7H2,1H3;2,4H2,1,3H3. The van der Waals surface area contributed by atoms with Crippen LogP contribution in [0.25, 0.3) is 0 Å². The number of hydrogen-bond acceptors (Lipinski definition) is 0. The fourth-order valence-electron chi connectivity index (χ4n) is 1.23. The van der Waals surface area contributed by atoms with Crippen molar-refractivity contribution in [2.24, 2.45) is 0 Å². The maximum atomic E-state index is 3.67. The van der Waals surface area contributed by atoms with Crippen LogP contribution in [0.4, 0.5) is 0 Å². The van der Waals surface area contributed by atoms with E-state index in [1.165, 1.54) is 37.7 Å². The zero-order valence-electron chi connectivity index (χ0n) is 10.7. The van der Waals surface area contributed by atoms with Gasteiger partial charge in [-0.2, -0.15) is 0 Å². The first kappa shape index (κ1) is 14.2. The second-order valence-corrected chi connectivity index (χ2v) is 4.17. The van der Waals surface area contributed by atoms with Crippen LogP contribution in [0.2, 0.25) is 0 Å². The van der Waals surface area contributed by atoms with Crippen molar-refractivity contribution in [1.82, 2.24) is 0 Å². The van der Waals surface area contributed by atoms with E-state index >= 15 is 0 Å². The van der Waals surface area contributed by atoms with Crippen molar-refractivity contribution in [2.75, 3.05) is 0 Å². The van der Waals surface area contributed by atoms with E-state index in [2.05, 4.69) is 38.7 Å². The van der Waals surface area contributed by atoms with Crippen LogP contribution in [0, 0.1) is 0 Å². The lowest BCUT2D eigenvalue weighted by Crippen LogP contribution is -1.84. The first-order valence-electron chi connectivity index (χ1n) is 6.20. The Labute approximate surface area is 95.8 Å². The van der Waals surface area contributed by atoms with Crippen molar-refractivity contribution in [1.29, 1.82) is 0 Å². The van der Waals surface area contributed by atoms with E-state index in [0.717, 1.165) is 6.42 Å². The molecule has 1 aliphatic rings. The van der Waals surface area contributed by atoms with Crippen molar-refractivity contribution in [2.45, 2.75) is 59.3 Å². The molecule has 86 valence electrons. The summed E-state index contributed by atoms with van der Waals surface area (Å²) >= 11 is 0. The summed E-state index contributed by atoms with van der Waals surface area (Å²) in [6.07, 6.45) is 14.5. The summed E-state index contributed by atoms with van der Waals surface area (Å²) in [4.78, 5) is 0. The Bertz CT molecular complexity index is 218. The van der Waals surface area contributed by atoms with Gasteiger partial charge in [-0.25, -0.2) is 0 Å². The van der Waals surface area contributed by atoms with Gasteiger partial charge in [0.15, 0.2) is 0 Å². The SMILES string of the molecule is C=C(C)CC.CCCCC1=CCCC=C1. The molecule has 15 heavy (non-hydrogen) atoms. The van der Waals surface area contributed by atoms with E-state index in [4.69, 9.17) is 0 Å². The van der Waals surface area contributed by atoms with Crippen LogP contribution in [0.3, 0.4) is 0 Å². The van der Waals surface area contributed by atoms with E-state index < -0.39 is 0 Å². The van der Waals surface area contributed by atoms with Crippen LogP contribution < -0.4 is 0 Å². The second-order valence-electron chi connectivity index (χ2n) is 4.17. The Morgan fingerprint density at radius 3 is 2.40 bits per heavy atom. The summed E-state index contributed by atoms with van der Waals surface area (Å²) in [6, 6.07) is 0. The molecule has 0 nitrogen and oxygen atoms in total. The fourth-order valence-corrected chi connectivity index (χ4v) is 1.23. The third-order valence-electron chi connectivity index (χ3n) is 2.49. The van der Waals surface area contributed by atoms with Gasteiger partial charge in [-0.3, -0.25) is 0 Å². The zero-order valence-corrected chi connectivity index (χ0v) is 10.7. The molecular weight excluding hydrogens is 180 g/mol. The van der Waals surface area contributed by atoms with Crippen molar-refractivity contribution in [3.8, 4) is 0 Å². The Morgan fingerprint density at radius 1 is 1.33 bits per heavy atom. The Balaban J connectivity index is 0.000000336. The highest BCUT2D eigenvalue weighted by Crippen LogP contribution is 2.15. The smallest absolute Gasteiger partial charge is 0.0282 e. The lowest BCUT2D eigenvalue weighted by Gasteiger charge is -2.04. The third kappa shape index (κ3) is 9.52. The Morgan fingerprint density at radius 2 is 2.00 bits per heavy atom. The fraction of sp³-hybridized carbons (Fsp3) is 0.600. The molecule has 0 heterocycles. The van der Waals surface area contributed by atoms with Gasteiger partial charge in [0, 0.05) is 0 Å². The van der Waals surface area contributed by atoms with Gasteiger partial charge in [0.05, 0.1) is 0 Å². The molecule has 0 atom stereocenters. The van der Waals surface area contributed by atoms with Gasteiger partial charge in [0.1, 0.15) is 0 Å². The van der Waals surface area contributed by atoms with Crippen molar-refractivity contribution < 1.29 is 0 Å². The largest absolute Gasteiger partial charge is 0.100 e. The van der Waals surface area contributed by atoms with Gasteiger partial charge in [0.25, 0.3) is 0 Å². The predicted molar refractivity (Wildman–Crippen MR) is 71.1 cm³/mol. The van der Waals surface area contributed by atoms with Crippen LogP contribution in [-0.2, 0) is 0 Å². The van der Waals surface area contributed by atoms with E-state index in [-0.39, 0.29) is 0 Å². The van der Waals surface area contributed by atoms with Gasteiger partial charge >= 0.3 is 0 Å². The normalized spacial score (nSPS) is 13.9. The van der Waals surface area contributed by atoms with E-state index in [1.54, 1.807) is 5.57 Å². The van der Waals surface area contributed by atoms with Crippen LogP contribution in [-0.4, -0.2) is 0 Å². The highest BCUT2D eigenvalue weighted by molar-refractivity contribution is 5.21. The Kier molecular flexibility index (Phi) is 9.26. The lowest BCUT2D eigenvalue weighted by molar-refractivity contribution is 0.789. The monoisotopic (exact) mass is 206 g/mol. The first-order chi connectivity index (χ1) is 7.20. The molecule has 0 bridgehead atoms. The van der Waals surface area contributed by atoms with Gasteiger partial charge in [-0.1, -0.05) is 49.6 Å². The highest BCUT2D eigenvalue weighted by Gasteiger charge is 1.94. The van der Waals surface area contributed by atoms with Crippen molar-refractivity contribution in [3.63, 3.8) is 0 Å². The van der Waals surface area contributed by atoms with Crippen LogP contribution in [0.5, 0.6) is 0 Å². The molecule has 0 fully saturated rings. The quantitative estimate of drug-likeness (QED) is 0.538. The van der Waals surface area contributed by atoms with Crippen LogP contribution in [0.15, 0.2) is 36.0 Å². The maximum Gasteiger partial charge on any atom is -0.0282 e. The van der Waals surface area contributed by atoms with Crippen molar-refractivity contribution in [3.05, 3.63) is 36.0 Å². The Hall–Kier alpha value is -0.780. The molecule has 1 aliphatic carbocycles. The molecule has 1 rings (SSSR count). The molecular formula is C15H26. The summed E-state index contributed by atoms with van der Waals surface area (Å²) in [7, 11) is 0. The van der Waals surface area contributed by atoms with Crippen LogP contribution in [0.1, 0.15) is 59.3 Å². The molecule has 0 saturated heterocycles. The number of hydrogen-bond donors (Lipinski definition) is 0. The molecule has 0 saturated carbocycles. The third-order valence-corrected chi connectivity index (χ3v) is 2.49. The summed E-state index contributed by atoms with van der Waals surface area (Å²) in [6.45, 7) is 10.0. The minimum Gasteiger partial charge on any atom is -0.100 e. The second kappa shape index (κ2) is 9.76. The van der Waals surface area contributed by atoms with Crippen molar-refractivity contribution >= 4 is 0 Å². The molecule has 0 aliphatic heterocycles. The molecule has 0 aromatic heterocycles. The van der Waals surface area contributed by atoms with Gasteiger partial charge in [0.2, 0.25) is 0 Å². The van der Waals surface area contributed by atoms with E-state index in [9.17, 15) is 0 Å². The number of rotatable bonds is 4. The van der Waals surface area contributed by atoms with Gasteiger partial charge < -0.3 is 0 Å². The maximum absolute atomic E-state index is 3.67. The first-order valence-corrected chi connectivity index (χ1v) is 6.20. The van der Waals surface area contributed by atoms with E-state index in [0.29, 0.717) is 0 Å². The molecule has 0 aromatic carbocycles. The molecule has 0 unspecified atom stereocenters. The average molecular weight is 206 g/mol. The molecule has 0 heteroatoms. The molecule has 0 radical (unpaired) electrons. The summed E-state index contributed by atoms with van der Waals surface area (Å²) < 4.78 is 0. The predicted octanol–water partition coefficient (Wildman–Crippen LogP) is 5.43. The summed E-state index contributed by atoms with van der Waals surface area (Å²) in [5.74, 6) is 0. The van der Waals surface area contributed by atoms with Crippen LogP contribution >= 0.6 is 0 Å².